The normalized spacial score (nSPS) is 24.8. The van der Waals surface area contributed by atoms with Crippen LogP contribution in [-0.2, 0) is 9.31 Å². The van der Waals surface area contributed by atoms with Gasteiger partial charge in [0.2, 0.25) is 0 Å². The SMILES string of the molecule is CC1(C)OB(c2cnc(Br)c(C3CCC3)c2)OC1(C)C. The van der Waals surface area contributed by atoms with Crippen LogP contribution < -0.4 is 5.46 Å². The molecule has 2 aliphatic rings. The van der Waals surface area contributed by atoms with Gasteiger partial charge in [-0.3, -0.25) is 0 Å². The Morgan fingerprint density at radius 3 is 2.30 bits per heavy atom. The number of hydrogen-bond donors (Lipinski definition) is 0. The number of nitrogens with zero attached hydrogens (tertiary/aromatic N) is 1. The first kappa shape index (κ1) is 14.5. The lowest BCUT2D eigenvalue weighted by Gasteiger charge is -2.32. The Balaban J connectivity index is 1.88. The van der Waals surface area contributed by atoms with Crippen molar-refractivity contribution in [1.82, 2.24) is 4.98 Å². The average molecular weight is 338 g/mol. The molecule has 0 spiro atoms. The summed E-state index contributed by atoms with van der Waals surface area (Å²) < 4.78 is 13.2. The van der Waals surface area contributed by atoms with E-state index in [-0.39, 0.29) is 18.3 Å². The summed E-state index contributed by atoms with van der Waals surface area (Å²) >= 11 is 3.57. The molecule has 3 nitrogen and oxygen atoms in total. The monoisotopic (exact) mass is 337 g/mol. The second kappa shape index (κ2) is 4.82. The molecule has 0 bridgehead atoms. The maximum atomic E-state index is 6.10. The Morgan fingerprint density at radius 2 is 1.80 bits per heavy atom. The van der Waals surface area contributed by atoms with Gasteiger partial charge in [0.15, 0.2) is 0 Å². The maximum Gasteiger partial charge on any atom is 0.496 e. The molecule has 2 fully saturated rings. The third kappa shape index (κ3) is 2.34. The van der Waals surface area contributed by atoms with Crippen molar-refractivity contribution in [3.8, 4) is 0 Å². The summed E-state index contributed by atoms with van der Waals surface area (Å²) in [4.78, 5) is 4.48. The average Bonchev–Trinajstić information content (AvgIpc) is 2.49. The van der Waals surface area contributed by atoms with Crippen molar-refractivity contribution >= 4 is 28.5 Å². The zero-order valence-electron chi connectivity index (χ0n) is 12.6. The summed E-state index contributed by atoms with van der Waals surface area (Å²) in [6.45, 7) is 8.30. The lowest BCUT2D eigenvalue weighted by Crippen LogP contribution is -2.41. The van der Waals surface area contributed by atoms with Gasteiger partial charge in [0.1, 0.15) is 4.60 Å². The Kier molecular flexibility index (Phi) is 3.51. The number of aromatic nitrogens is 1. The molecular formula is C15H21BBrNO2. The van der Waals surface area contributed by atoms with Gasteiger partial charge in [-0.15, -0.1) is 0 Å². The summed E-state index contributed by atoms with van der Waals surface area (Å²) in [6, 6.07) is 2.20. The molecule has 0 atom stereocenters. The minimum absolute atomic E-state index is 0.304. The first-order valence-corrected chi connectivity index (χ1v) is 8.10. The standard InChI is InChI=1S/C15H21BBrNO2/c1-14(2)15(3,4)20-16(19-14)11-8-12(10-6-5-7-10)13(17)18-9-11/h8-10H,5-7H2,1-4H3. The van der Waals surface area contributed by atoms with E-state index in [1.807, 2.05) is 6.20 Å². The van der Waals surface area contributed by atoms with E-state index in [1.165, 1.54) is 24.8 Å². The van der Waals surface area contributed by atoms with E-state index < -0.39 is 0 Å². The molecule has 1 aliphatic heterocycles. The van der Waals surface area contributed by atoms with Gasteiger partial charge < -0.3 is 9.31 Å². The molecule has 20 heavy (non-hydrogen) atoms. The van der Waals surface area contributed by atoms with Gasteiger partial charge in [0.25, 0.3) is 0 Å². The van der Waals surface area contributed by atoms with Gasteiger partial charge in [-0.2, -0.15) is 0 Å². The molecule has 2 heterocycles. The Morgan fingerprint density at radius 1 is 1.20 bits per heavy atom. The summed E-state index contributed by atoms with van der Waals surface area (Å²) in [5, 5.41) is 0. The molecule has 0 N–H and O–H groups in total. The van der Waals surface area contributed by atoms with Gasteiger partial charge in [-0.1, -0.05) is 12.5 Å². The van der Waals surface area contributed by atoms with Crippen molar-refractivity contribution in [2.24, 2.45) is 0 Å². The van der Waals surface area contributed by atoms with Gasteiger partial charge in [0.05, 0.1) is 11.2 Å². The molecule has 0 unspecified atom stereocenters. The highest BCUT2D eigenvalue weighted by atomic mass is 79.9. The highest BCUT2D eigenvalue weighted by Gasteiger charge is 2.52. The number of halogens is 1. The van der Waals surface area contributed by atoms with Crippen LogP contribution in [-0.4, -0.2) is 23.3 Å². The van der Waals surface area contributed by atoms with E-state index in [0.717, 1.165) is 10.1 Å². The maximum absolute atomic E-state index is 6.10. The predicted molar refractivity (Wildman–Crippen MR) is 84.2 cm³/mol. The van der Waals surface area contributed by atoms with Gasteiger partial charge in [-0.25, -0.2) is 4.98 Å². The summed E-state index contributed by atoms with van der Waals surface area (Å²) in [5.41, 5.74) is 1.71. The van der Waals surface area contributed by atoms with Crippen LogP contribution in [0.4, 0.5) is 0 Å². The first-order valence-electron chi connectivity index (χ1n) is 7.31. The van der Waals surface area contributed by atoms with Crippen molar-refractivity contribution in [2.45, 2.75) is 64.1 Å². The zero-order valence-corrected chi connectivity index (χ0v) is 14.2. The van der Waals surface area contributed by atoms with Crippen LogP contribution in [0.3, 0.4) is 0 Å². The quantitative estimate of drug-likeness (QED) is 0.612. The van der Waals surface area contributed by atoms with Crippen molar-refractivity contribution in [3.63, 3.8) is 0 Å². The van der Waals surface area contributed by atoms with Crippen LogP contribution in [0.5, 0.6) is 0 Å². The van der Waals surface area contributed by atoms with E-state index in [4.69, 9.17) is 9.31 Å². The van der Waals surface area contributed by atoms with Gasteiger partial charge >= 0.3 is 7.12 Å². The third-order valence-electron chi connectivity index (χ3n) is 4.96. The minimum atomic E-state index is -0.320. The molecule has 5 heteroatoms. The van der Waals surface area contributed by atoms with Crippen LogP contribution in [0, 0.1) is 0 Å². The second-order valence-electron chi connectivity index (χ2n) is 6.86. The molecule has 1 aromatic rings. The fourth-order valence-electron chi connectivity index (χ4n) is 2.60. The molecule has 0 aromatic carbocycles. The van der Waals surface area contributed by atoms with E-state index in [9.17, 15) is 0 Å². The molecule has 0 amide bonds. The fraction of sp³-hybridized carbons (Fsp3) is 0.667. The van der Waals surface area contributed by atoms with E-state index in [0.29, 0.717) is 5.92 Å². The molecule has 1 saturated carbocycles. The Hall–Kier alpha value is -0.385. The van der Waals surface area contributed by atoms with Crippen molar-refractivity contribution in [3.05, 3.63) is 22.4 Å². The Bertz CT molecular complexity index is 513. The Labute approximate surface area is 129 Å². The smallest absolute Gasteiger partial charge is 0.399 e. The summed E-state index contributed by atoms with van der Waals surface area (Å²) in [5.74, 6) is 0.638. The van der Waals surface area contributed by atoms with E-state index >= 15 is 0 Å². The summed E-state index contributed by atoms with van der Waals surface area (Å²) in [6.07, 6.45) is 5.69. The molecule has 0 radical (unpaired) electrons. The zero-order chi connectivity index (χ0) is 14.5. The lowest BCUT2D eigenvalue weighted by atomic mass is 9.75. The topological polar surface area (TPSA) is 31.4 Å². The van der Waals surface area contributed by atoms with Crippen LogP contribution in [0.15, 0.2) is 16.9 Å². The van der Waals surface area contributed by atoms with Crippen LogP contribution in [0.2, 0.25) is 0 Å². The minimum Gasteiger partial charge on any atom is -0.399 e. The highest BCUT2D eigenvalue weighted by Crippen LogP contribution is 2.40. The van der Waals surface area contributed by atoms with Crippen molar-refractivity contribution in [2.75, 3.05) is 0 Å². The fourth-order valence-corrected chi connectivity index (χ4v) is 3.14. The van der Waals surface area contributed by atoms with Crippen molar-refractivity contribution in [1.29, 1.82) is 0 Å². The molecule has 3 rings (SSSR count). The summed E-state index contributed by atoms with van der Waals surface area (Å²) in [7, 11) is -0.320. The lowest BCUT2D eigenvalue weighted by molar-refractivity contribution is 0.00578. The predicted octanol–water partition coefficient (Wildman–Crippen LogP) is 3.41. The van der Waals surface area contributed by atoms with Crippen LogP contribution >= 0.6 is 15.9 Å². The van der Waals surface area contributed by atoms with Crippen LogP contribution in [0.25, 0.3) is 0 Å². The second-order valence-corrected chi connectivity index (χ2v) is 7.62. The van der Waals surface area contributed by atoms with Gasteiger partial charge in [0, 0.05) is 11.7 Å². The largest absolute Gasteiger partial charge is 0.496 e. The van der Waals surface area contributed by atoms with E-state index in [2.05, 4.69) is 54.7 Å². The number of hydrogen-bond acceptors (Lipinski definition) is 3. The molecule has 1 aromatic heterocycles. The van der Waals surface area contributed by atoms with Crippen molar-refractivity contribution < 1.29 is 9.31 Å². The molecule has 1 saturated heterocycles. The molecule has 1 aliphatic carbocycles. The van der Waals surface area contributed by atoms with Gasteiger partial charge in [-0.05, 0) is 67.9 Å². The molecule has 108 valence electrons. The number of rotatable bonds is 2. The van der Waals surface area contributed by atoms with Crippen LogP contribution in [0.1, 0.15) is 58.4 Å². The van der Waals surface area contributed by atoms with E-state index in [1.54, 1.807) is 0 Å². The highest BCUT2D eigenvalue weighted by molar-refractivity contribution is 9.10. The number of pyridine rings is 1. The third-order valence-corrected chi connectivity index (χ3v) is 5.62. The molecular weight excluding hydrogens is 317 g/mol. The first-order chi connectivity index (χ1) is 9.30.